The number of carbonyl (C=O) groups excluding carboxylic acids is 2. The summed E-state index contributed by atoms with van der Waals surface area (Å²) < 4.78 is 0. The van der Waals surface area contributed by atoms with Crippen molar-refractivity contribution in [2.24, 2.45) is 0 Å². The van der Waals surface area contributed by atoms with Crippen LogP contribution in [-0.2, 0) is 9.59 Å². The van der Waals surface area contributed by atoms with Crippen molar-refractivity contribution in [2.75, 3.05) is 27.2 Å². The summed E-state index contributed by atoms with van der Waals surface area (Å²) in [6, 6.07) is 10.9. The van der Waals surface area contributed by atoms with Gasteiger partial charge in [-0.3, -0.25) is 14.5 Å². The molecule has 1 saturated carbocycles. The molecule has 0 aliphatic heterocycles. The average molecular weight is 317 g/mol. The zero-order valence-electron chi connectivity index (χ0n) is 14.0. The molecule has 0 spiro atoms. The molecule has 1 fully saturated rings. The largest absolute Gasteiger partial charge is 0.358 e. The Kier molecular flexibility index (Phi) is 6.59. The van der Waals surface area contributed by atoms with E-state index in [1.165, 1.54) is 5.56 Å². The van der Waals surface area contributed by atoms with E-state index in [-0.39, 0.29) is 24.9 Å². The van der Waals surface area contributed by atoms with Gasteiger partial charge in [0, 0.05) is 20.1 Å². The molecule has 2 rings (SSSR count). The number of benzene rings is 1. The maximum absolute atomic E-state index is 11.7. The van der Waals surface area contributed by atoms with Gasteiger partial charge in [-0.2, -0.15) is 0 Å². The number of hydrogen-bond acceptors (Lipinski definition) is 3. The Hall–Kier alpha value is -1.88. The minimum absolute atomic E-state index is 0.0425. The lowest BCUT2D eigenvalue weighted by atomic mass is 9.81. The second-order valence-corrected chi connectivity index (χ2v) is 6.17. The molecule has 0 unspecified atom stereocenters. The Morgan fingerprint density at radius 2 is 1.48 bits per heavy atom. The molecule has 0 heterocycles. The van der Waals surface area contributed by atoms with Crippen LogP contribution in [0.15, 0.2) is 30.3 Å². The fraction of sp³-hybridized carbons (Fsp3) is 0.556. The fourth-order valence-electron chi connectivity index (χ4n) is 3.34. The van der Waals surface area contributed by atoms with Gasteiger partial charge in [0.25, 0.3) is 0 Å². The number of amides is 2. The summed E-state index contributed by atoms with van der Waals surface area (Å²) >= 11 is 0. The number of likely N-dealkylation sites (N-methyl/N-ethyl adjacent to an activating group) is 2. The lowest BCUT2D eigenvalue weighted by Gasteiger charge is -2.36. The lowest BCUT2D eigenvalue weighted by Crippen LogP contribution is -2.47. The van der Waals surface area contributed by atoms with Crippen molar-refractivity contribution in [3.63, 3.8) is 0 Å². The molecule has 5 heteroatoms. The zero-order valence-corrected chi connectivity index (χ0v) is 14.0. The van der Waals surface area contributed by atoms with Crippen LogP contribution in [0, 0.1) is 0 Å². The summed E-state index contributed by atoms with van der Waals surface area (Å²) in [6.07, 6.45) is 4.25. The second kappa shape index (κ2) is 8.67. The zero-order chi connectivity index (χ0) is 16.7. The molecule has 0 radical (unpaired) electrons. The highest BCUT2D eigenvalue weighted by Gasteiger charge is 2.28. The summed E-state index contributed by atoms with van der Waals surface area (Å²) in [5.41, 5.74) is 1.40. The van der Waals surface area contributed by atoms with Gasteiger partial charge in [-0.25, -0.2) is 0 Å². The first-order valence-electron chi connectivity index (χ1n) is 8.34. The van der Waals surface area contributed by atoms with Crippen LogP contribution in [0.5, 0.6) is 0 Å². The van der Waals surface area contributed by atoms with E-state index in [9.17, 15) is 9.59 Å². The average Bonchev–Trinajstić information content (AvgIpc) is 2.61. The number of nitrogens with zero attached hydrogens (tertiary/aromatic N) is 1. The highest BCUT2D eigenvalue weighted by atomic mass is 16.2. The van der Waals surface area contributed by atoms with Gasteiger partial charge in [-0.15, -0.1) is 0 Å². The SMILES string of the molecule is CNC(=O)CN(CC(=O)NC)C1CCC(c2ccccc2)CC1. The van der Waals surface area contributed by atoms with Gasteiger partial charge in [0.2, 0.25) is 11.8 Å². The van der Waals surface area contributed by atoms with Gasteiger partial charge in [0.1, 0.15) is 0 Å². The molecule has 5 nitrogen and oxygen atoms in total. The maximum Gasteiger partial charge on any atom is 0.233 e. The van der Waals surface area contributed by atoms with E-state index < -0.39 is 0 Å². The van der Waals surface area contributed by atoms with Crippen LogP contribution in [0.1, 0.15) is 37.2 Å². The third kappa shape index (κ3) is 5.06. The monoisotopic (exact) mass is 317 g/mol. The van der Waals surface area contributed by atoms with Crippen molar-refractivity contribution in [3.05, 3.63) is 35.9 Å². The number of hydrogen-bond donors (Lipinski definition) is 2. The minimum atomic E-state index is -0.0425. The van der Waals surface area contributed by atoms with Crippen LogP contribution in [-0.4, -0.2) is 49.9 Å². The second-order valence-electron chi connectivity index (χ2n) is 6.17. The summed E-state index contributed by atoms with van der Waals surface area (Å²) in [7, 11) is 3.26. The molecule has 0 atom stereocenters. The van der Waals surface area contributed by atoms with Crippen LogP contribution < -0.4 is 10.6 Å². The van der Waals surface area contributed by atoms with Crippen LogP contribution in [0.3, 0.4) is 0 Å². The molecular weight excluding hydrogens is 290 g/mol. The molecule has 126 valence electrons. The molecule has 1 aromatic rings. The highest BCUT2D eigenvalue weighted by Crippen LogP contribution is 2.34. The van der Waals surface area contributed by atoms with Gasteiger partial charge in [-0.05, 0) is 37.2 Å². The minimum Gasteiger partial charge on any atom is -0.358 e. The maximum atomic E-state index is 11.7. The smallest absolute Gasteiger partial charge is 0.233 e. The molecule has 0 bridgehead atoms. The Bertz CT molecular complexity index is 492. The quantitative estimate of drug-likeness (QED) is 0.836. The molecule has 0 aromatic heterocycles. The topological polar surface area (TPSA) is 61.4 Å². The first-order valence-corrected chi connectivity index (χ1v) is 8.34. The van der Waals surface area contributed by atoms with Crippen molar-refractivity contribution in [1.29, 1.82) is 0 Å². The summed E-state index contributed by atoms with van der Waals surface area (Å²) in [5.74, 6) is 0.507. The summed E-state index contributed by atoms with van der Waals surface area (Å²) in [4.78, 5) is 25.5. The van der Waals surface area contributed by atoms with E-state index in [1.54, 1.807) is 14.1 Å². The molecule has 2 amide bonds. The van der Waals surface area contributed by atoms with Crippen LogP contribution in [0.2, 0.25) is 0 Å². The van der Waals surface area contributed by atoms with E-state index in [4.69, 9.17) is 0 Å². The summed E-state index contributed by atoms with van der Waals surface area (Å²) in [5, 5.41) is 5.30. The van der Waals surface area contributed by atoms with E-state index in [2.05, 4.69) is 34.9 Å². The highest BCUT2D eigenvalue weighted by molar-refractivity contribution is 5.80. The number of nitrogens with one attached hydrogen (secondary N) is 2. The van der Waals surface area contributed by atoms with Gasteiger partial charge in [0.05, 0.1) is 13.1 Å². The van der Waals surface area contributed by atoms with Crippen molar-refractivity contribution in [2.45, 2.75) is 37.6 Å². The van der Waals surface area contributed by atoms with Crippen LogP contribution >= 0.6 is 0 Å². The van der Waals surface area contributed by atoms with E-state index in [0.717, 1.165) is 25.7 Å². The van der Waals surface area contributed by atoms with Gasteiger partial charge in [-0.1, -0.05) is 30.3 Å². The first kappa shape index (κ1) is 17.5. The molecular formula is C18H27N3O2. The summed E-state index contributed by atoms with van der Waals surface area (Å²) in [6.45, 7) is 0.565. The molecule has 1 aliphatic rings. The lowest BCUT2D eigenvalue weighted by molar-refractivity contribution is -0.126. The van der Waals surface area contributed by atoms with Crippen LogP contribution in [0.25, 0.3) is 0 Å². The Labute approximate surface area is 138 Å². The van der Waals surface area contributed by atoms with Crippen LogP contribution in [0.4, 0.5) is 0 Å². The Balaban J connectivity index is 1.95. The van der Waals surface area contributed by atoms with Gasteiger partial charge >= 0.3 is 0 Å². The fourth-order valence-corrected chi connectivity index (χ4v) is 3.34. The number of carbonyl (C=O) groups is 2. The van der Waals surface area contributed by atoms with E-state index in [0.29, 0.717) is 12.0 Å². The predicted octanol–water partition coefficient (Wildman–Crippen LogP) is 1.51. The van der Waals surface area contributed by atoms with E-state index in [1.807, 2.05) is 11.0 Å². The first-order chi connectivity index (χ1) is 11.1. The van der Waals surface area contributed by atoms with Crippen molar-refractivity contribution in [1.82, 2.24) is 15.5 Å². The molecule has 0 saturated heterocycles. The van der Waals surface area contributed by atoms with Gasteiger partial charge in [0.15, 0.2) is 0 Å². The Morgan fingerprint density at radius 1 is 0.957 bits per heavy atom. The van der Waals surface area contributed by atoms with E-state index >= 15 is 0 Å². The normalized spacial score (nSPS) is 21.0. The third-order valence-corrected chi connectivity index (χ3v) is 4.74. The van der Waals surface area contributed by atoms with Crippen molar-refractivity contribution < 1.29 is 9.59 Å². The Morgan fingerprint density at radius 3 is 1.96 bits per heavy atom. The third-order valence-electron chi connectivity index (χ3n) is 4.74. The van der Waals surface area contributed by atoms with Crippen molar-refractivity contribution in [3.8, 4) is 0 Å². The van der Waals surface area contributed by atoms with Gasteiger partial charge < -0.3 is 10.6 Å². The van der Waals surface area contributed by atoms with Crippen molar-refractivity contribution >= 4 is 11.8 Å². The number of rotatable bonds is 6. The molecule has 23 heavy (non-hydrogen) atoms. The standard InChI is InChI=1S/C18H27N3O2/c1-19-17(22)12-21(13-18(23)20-2)16-10-8-15(9-11-16)14-6-4-3-5-7-14/h3-7,15-16H,8-13H2,1-2H3,(H,19,22)(H,20,23). The predicted molar refractivity (Wildman–Crippen MR) is 91.1 cm³/mol. The molecule has 1 aliphatic carbocycles. The molecule has 1 aromatic carbocycles. The molecule has 2 N–H and O–H groups in total.